The van der Waals surface area contributed by atoms with Crippen molar-refractivity contribution in [1.29, 1.82) is 0 Å². The van der Waals surface area contributed by atoms with Gasteiger partial charge < -0.3 is 10.8 Å². The second kappa shape index (κ2) is 4.69. The molecule has 0 heterocycles. The molecule has 1 aromatic carbocycles. The Morgan fingerprint density at radius 1 is 1.35 bits per heavy atom. The van der Waals surface area contributed by atoms with Crippen LogP contribution in [0, 0.1) is 11.8 Å². The van der Waals surface area contributed by atoms with Crippen molar-refractivity contribution < 1.29 is 5.11 Å². The first kappa shape index (κ1) is 12.4. The number of phenols is 1. The summed E-state index contributed by atoms with van der Waals surface area (Å²) in [5, 5.41) is 9.48. The Hall–Kier alpha value is -1.02. The van der Waals surface area contributed by atoms with Crippen LogP contribution in [-0.4, -0.2) is 10.6 Å². The number of nitrogens with two attached hydrogens (primary N) is 1. The lowest BCUT2D eigenvalue weighted by molar-refractivity contribution is 0.175. The highest BCUT2D eigenvalue weighted by Crippen LogP contribution is 2.36. The van der Waals surface area contributed by atoms with Crippen LogP contribution in [0.4, 0.5) is 0 Å². The molecule has 1 aromatic rings. The van der Waals surface area contributed by atoms with Gasteiger partial charge in [-0.25, -0.2) is 0 Å². The van der Waals surface area contributed by atoms with E-state index < -0.39 is 0 Å². The predicted octanol–water partition coefficient (Wildman–Crippen LogP) is 3.09. The van der Waals surface area contributed by atoms with E-state index in [0.717, 1.165) is 30.7 Å². The number of aromatic hydroxyl groups is 1. The van der Waals surface area contributed by atoms with Crippen LogP contribution in [0.3, 0.4) is 0 Å². The Bertz CT molecular complexity index is 390. The summed E-state index contributed by atoms with van der Waals surface area (Å²) >= 11 is 0. The molecule has 3 N–H and O–H groups in total. The van der Waals surface area contributed by atoms with Gasteiger partial charge in [0.15, 0.2) is 0 Å². The quantitative estimate of drug-likeness (QED) is 0.824. The molecule has 2 rings (SSSR count). The standard InChI is InChI=1S/C15H23NO/c1-11-6-7-15(16,9-12(11)2)10-13-4-3-5-14(17)8-13/h3-5,8,11-12,17H,6-7,9-10,16H2,1-2H3. The average molecular weight is 233 g/mol. The molecule has 17 heavy (non-hydrogen) atoms. The number of hydrogen-bond donors (Lipinski definition) is 2. The molecular formula is C15H23NO. The molecule has 1 saturated carbocycles. The van der Waals surface area contributed by atoms with Crippen LogP contribution in [0.5, 0.6) is 5.75 Å². The maximum absolute atomic E-state index is 9.48. The van der Waals surface area contributed by atoms with E-state index in [1.54, 1.807) is 6.07 Å². The highest BCUT2D eigenvalue weighted by molar-refractivity contribution is 5.28. The van der Waals surface area contributed by atoms with E-state index in [9.17, 15) is 5.11 Å². The van der Waals surface area contributed by atoms with Crippen molar-refractivity contribution in [2.24, 2.45) is 17.6 Å². The van der Waals surface area contributed by atoms with Gasteiger partial charge in [-0.15, -0.1) is 0 Å². The summed E-state index contributed by atoms with van der Waals surface area (Å²) in [4.78, 5) is 0. The SMILES string of the molecule is CC1CCC(N)(Cc2cccc(O)c2)CC1C. The third kappa shape index (κ3) is 3.01. The maximum Gasteiger partial charge on any atom is 0.115 e. The second-order valence-electron chi connectivity index (χ2n) is 5.91. The van der Waals surface area contributed by atoms with E-state index in [0.29, 0.717) is 11.7 Å². The molecule has 0 bridgehead atoms. The van der Waals surface area contributed by atoms with Crippen LogP contribution >= 0.6 is 0 Å². The fourth-order valence-electron chi connectivity index (χ4n) is 2.98. The van der Waals surface area contributed by atoms with Gasteiger partial charge in [-0.05, 0) is 55.2 Å². The van der Waals surface area contributed by atoms with Gasteiger partial charge in [-0.2, -0.15) is 0 Å². The summed E-state index contributed by atoms with van der Waals surface area (Å²) in [5.41, 5.74) is 7.58. The largest absolute Gasteiger partial charge is 0.508 e. The van der Waals surface area contributed by atoms with E-state index in [1.165, 1.54) is 6.42 Å². The van der Waals surface area contributed by atoms with Gasteiger partial charge >= 0.3 is 0 Å². The number of rotatable bonds is 2. The molecule has 0 amide bonds. The van der Waals surface area contributed by atoms with Crippen molar-refractivity contribution in [2.75, 3.05) is 0 Å². The number of hydrogen-bond acceptors (Lipinski definition) is 2. The van der Waals surface area contributed by atoms with Gasteiger partial charge in [0.1, 0.15) is 5.75 Å². The van der Waals surface area contributed by atoms with Crippen LogP contribution < -0.4 is 5.73 Å². The van der Waals surface area contributed by atoms with Crippen LogP contribution in [-0.2, 0) is 6.42 Å². The summed E-state index contributed by atoms with van der Waals surface area (Å²) in [7, 11) is 0. The zero-order valence-corrected chi connectivity index (χ0v) is 10.8. The summed E-state index contributed by atoms with van der Waals surface area (Å²) < 4.78 is 0. The van der Waals surface area contributed by atoms with Crippen molar-refractivity contribution in [1.82, 2.24) is 0 Å². The topological polar surface area (TPSA) is 46.2 Å². The second-order valence-corrected chi connectivity index (χ2v) is 5.91. The lowest BCUT2D eigenvalue weighted by atomic mass is 9.69. The third-order valence-corrected chi connectivity index (χ3v) is 4.26. The Morgan fingerprint density at radius 2 is 2.12 bits per heavy atom. The van der Waals surface area contributed by atoms with Crippen LogP contribution in [0.2, 0.25) is 0 Å². The van der Waals surface area contributed by atoms with E-state index in [4.69, 9.17) is 5.73 Å². The summed E-state index contributed by atoms with van der Waals surface area (Å²) in [6.45, 7) is 4.62. The molecule has 0 saturated heterocycles. The monoisotopic (exact) mass is 233 g/mol. The van der Waals surface area contributed by atoms with Gasteiger partial charge in [0.05, 0.1) is 0 Å². The minimum absolute atomic E-state index is 0.0836. The molecule has 1 aliphatic rings. The van der Waals surface area contributed by atoms with Crippen LogP contribution in [0.15, 0.2) is 24.3 Å². The van der Waals surface area contributed by atoms with Crippen molar-refractivity contribution in [3.05, 3.63) is 29.8 Å². The van der Waals surface area contributed by atoms with E-state index >= 15 is 0 Å². The summed E-state index contributed by atoms with van der Waals surface area (Å²) in [6.07, 6.45) is 4.27. The summed E-state index contributed by atoms with van der Waals surface area (Å²) in [5.74, 6) is 1.82. The molecule has 3 unspecified atom stereocenters. The number of benzene rings is 1. The Morgan fingerprint density at radius 3 is 2.76 bits per heavy atom. The highest BCUT2D eigenvalue weighted by Gasteiger charge is 2.34. The first-order chi connectivity index (χ1) is 7.98. The Kier molecular flexibility index (Phi) is 3.43. The lowest BCUT2D eigenvalue weighted by Crippen LogP contribution is -2.47. The van der Waals surface area contributed by atoms with Crippen LogP contribution in [0.1, 0.15) is 38.7 Å². The third-order valence-electron chi connectivity index (χ3n) is 4.26. The number of phenolic OH excluding ortho intramolecular Hbond substituents is 1. The minimum Gasteiger partial charge on any atom is -0.508 e. The van der Waals surface area contributed by atoms with Gasteiger partial charge in [0, 0.05) is 5.54 Å². The lowest BCUT2D eigenvalue weighted by Gasteiger charge is -2.40. The smallest absolute Gasteiger partial charge is 0.115 e. The molecule has 1 aliphatic carbocycles. The zero-order valence-electron chi connectivity index (χ0n) is 10.8. The zero-order chi connectivity index (χ0) is 12.5. The first-order valence-electron chi connectivity index (χ1n) is 6.55. The van der Waals surface area contributed by atoms with Gasteiger partial charge in [0.25, 0.3) is 0 Å². The minimum atomic E-state index is -0.0836. The average Bonchev–Trinajstić information content (AvgIpc) is 2.24. The molecule has 0 radical (unpaired) electrons. The van der Waals surface area contributed by atoms with Gasteiger partial charge in [-0.1, -0.05) is 26.0 Å². The fourth-order valence-corrected chi connectivity index (χ4v) is 2.98. The Balaban J connectivity index is 2.07. The molecule has 3 atom stereocenters. The van der Waals surface area contributed by atoms with Crippen LogP contribution in [0.25, 0.3) is 0 Å². The van der Waals surface area contributed by atoms with Crippen molar-refractivity contribution >= 4 is 0 Å². The van der Waals surface area contributed by atoms with Crippen molar-refractivity contribution in [3.63, 3.8) is 0 Å². The van der Waals surface area contributed by atoms with Gasteiger partial charge in [0.2, 0.25) is 0 Å². The molecule has 2 heteroatoms. The van der Waals surface area contributed by atoms with E-state index in [-0.39, 0.29) is 5.54 Å². The van der Waals surface area contributed by atoms with Crippen molar-refractivity contribution in [2.45, 2.75) is 45.1 Å². The Labute approximate surface area is 104 Å². The first-order valence-corrected chi connectivity index (χ1v) is 6.55. The van der Waals surface area contributed by atoms with E-state index in [2.05, 4.69) is 19.9 Å². The fraction of sp³-hybridized carbons (Fsp3) is 0.600. The molecule has 0 aromatic heterocycles. The molecule has 94 valence electrons. The predicted molar refractivity (Wildman–Crippen MR) is 70.9 cm³/mol. The maximum atomic E-state index is 9.48. The van der Waals surface area contributed by atoms with E-state index in [1.807, 2.05) is 12.1 Å². The van der Waals surface area contributed by atoms with Gasteiger partial charge in [-0.3, -0.25) is 0 Å². The molecule has 2 nitrogen and oxygen atoms in total. The summed E-state index contributed by atoms with van der Waals surface area (Å²) in [6, 6.07) is 7.48. The molecular weight excluding hydrogens is 210 g/mol. The normalized spacial score (nSPS) is 33.6. The highest BCUT2D eigenvalue weighted by atomic mass is 16.3. The molecule has 0 aliphatic heterocycles. The molecule has 0 spiro atoms. The molecule has 1 fully saturated rings. The van der Waals surface area contributed by atoms with Crippen molar-refractivity contribution in [3.8, 4) is 5.75 Å².